The van der Waals surface area contributed by atoms with Gasteiger partial charge in [-0.25, -0.2) is 0 Å². The number of ketones is 1. The van der Waals surface area contributed by atoms with Gasteiger partial charge in [0.1, 0.15) is 18.1 Å². The minimum atomic E-state index is -0.101. The lowest BCUT2D eigenvalue weighted by molar-refractivity contribution is 0.101. The van der Waals surface area contributed by atoms with Crippen LogP contribution in [0.1, 0.15) is 32.6 Å². The Labute approximate surface area is 169 Å². The molecule has 0 spiro atoms. The molecule has 1 aliphatic heterocycles. The zero-order valence-electron chi connectivity index (χ0n) is 15.7. The van der Waals surface area contributed by atoms with Crippen LogP contribution in [0.4, 0.5) is 0 Å². The van der Waals surface area contributed by atoms with E-state index < -0.39 is 0 Å². The first-order valence-electron chi connectivity index (χ1n) is 9.02. The van der Waals surface area contributed by atoms with E-state index in [2.05, 4.69) is 0 Å². The number of ether oxygens (including phenoxy) is 2. The topological polar surface area (TPSA) is 35.5 Å². The summed E-state index contributed by atoms with van der Waals surface area (Å²) in [5.41, 5.74) is 4.46. The van der Waals surface area contributed by atoms with Gasteiger partial charge in [-0.05, 0) is 54.8 Å². The highest BCUT2D eigenvalue weighted by molar-refractivity contribution is 6.30. The van der Waals surface area contributed by atoms with Gasteiger partial charge < -0.3 is 9.47 Å². The Hall–Kier alpha value is -3.04. The third-order valence-corrected chi connectivity index (χ3v) is 4.81. The van der Waals surface area contributed by atoms with Crippen molar-refractivity contribution in [2.24, 2.45) is 0 Å². The number of allylic oxidation sites excluding steroid dienone is 1. The zero-order chi connectivity index (χ0) is 19.7. The first-order chi connectivity index (χ1) is 13.5. The smallest absolute Gasteiger partial charge is 0.232 e. The summed E-state index contributed by atoms with van der Waals surface area (Å²) in [6.07, 6.45) is 1.78. The molecule has 0 atom stereocenters. The third-order valence-electron chi connectivity index (χ3n) is 4.58. The molecule has 140 valence electrons. The number of halogens is 1. The van der Waals surface area contributed by atoms with Gasteiger partial charge in [-0.1, -0.05) is 53.6 Å². The highest BCUT2D eigenvalue weighted by Gasteiger charge is 2.30. The van der Waals surface area contributed by atoms with Crippen LogP contribution in [-0.4, -0.2) is 5.78 Å². The summed E-state index contributed by atoms with van der Waals surface area (Å²) in [5, 5.41) is 0.672. The molecular weight excluding hydrogens is 372 g/mol. The molecule has 4 rings (SSSR count). The number of Topliss-reactive ketones (excluding diaryl/α,β-unsaturated/α-hetero) is 1. The van der Waals surface area contributed by atoms with E-state index in [0.29, 0.717) is 34.5 Å². The fourth-order valence-corrected chi connectivity index (χ4v) is 3.48. The van der Waals surface area contributed by atoms with Gasteiger partial charge in [0.05, 0.1) is 5.56 Å². The van der Waals surface area contributed by atoms with Crippen molar-refractivity contribution in [1.82, 2.24) is 0 Å². The zero-order valence-corrected chi connectivity index (χ0v) is 16.4. The monoisotopic (exact) mass is 390 g/mol. The minimum Gasteiger partial charge on any atom is -0.489 e. The van der Waals surface area contributed by atoms with Gasteiger partial charge in [0.15, 0.2) is 5.76 Å². The van der Waals surface area contributed by atoms with E-state index in [1.54, 1.807) is 12.1 Å². The molecule has 1 heterocycles. The SMILES string of the molecule is Cc1cccc(/C=C2\Oc3cc(OCc4cccc(Cl)c4)cc(C)c3C2=O)c1. The van der Waals surface area contributed by atoms with E-state index in [0.717, 1.165) is 22.3 Å². The highest BCUT2D eigenvalue weighted by Crippen LogP contribution is 2.37. The van der Waals surface area contributed by atoms with Crippen molar-refractivity contribution in [3.05, 3.63) is 99.3 Å². The largest absolute Gasteiger partial charge is 0.489 e. The van der Waals surface area contributed by atoms with Crippen molar-refractivity contribution in [1.29, 1.82) is 0 Å². The Morgan fingerprint density at radius 2 is 1.86 bits per heavy atom. The van der Waals surface area contributed by atoms with Crippen molar-refractivity contribution < 1.29 is 14.3 Å². The van der Waals surface area contributed by atoms with Crippen LogP contribution in [0.2, 0.25) is 5.02 Å². The summed E-state index contributed by atoms with van der Waals surface area (Å²) in [7, 11) is 0. The van der Waals surface area contributed by atoms with Crippen LogP contribution in [0.25, 0.3) is 6.08 Å². The second kappa shape index (κ2) is 7.53. The Bertz CT molecular complexity index is 1100. The predicted molar refractivity (Wildman–Crippen MR) is 111 cm³/mol. The molecule has 0 aromatic heterocycles. The van der Waals surface area contributed by atoms with E-state index in [-0.39, 0.29) is 5.78 Å². The minimum absolute atomic E-state index is 0.101. The lowest BCUT2D eigenvalue weighted by Crippen LogP contribution is -2.00. The predicted octanol–water partition coefficient (Wildman–Crippen LogP) is 6.15. The van der Waals surface area contributed by atoms with E-state index >= 15 is 0 Å². The molecular formula is C24H19ClO3. The number of benzene rings is 3. The van der Waals surface area contributed by atoms with Gasteiger partial charge in [0.25, 0.3) is 0 Å². The Morgan fingerprint density at radius 3 is 2.64 bits per heavy atom. The van der Waals surface area contributed by atoms with Crippen molar-refractivity contribution in [2.75, 3.05) is 0 Å². The Kier molecular flexibility index (Phi) is 4.93. The number of carbonyl (C=O) groups excluding carboxylic acids is 1. The summed E-state index contributed by atoms with van der Waals surface area (Å²) in [6.45, 7) is 4.29. The average Bonchev–Trinajstić information content (AvgIpc) is 2.96. The molecule has 0 saturated carbocycles. The number of rotatable bonds is 4. The van der Waals surface area contributed by atoms with Crippen molar-refractivity contribution in [3.63, 3.8) is 0 Å². The number of aryl methyl sites for hydroxylation is 2. The number of fused-ring (bicyclic) bond motifs is 1. The van der Waals surface area contributed by atoms with Crippen LogP contribution in [0.15, 0.2) is 66.4 Å². The van der Waals surface area contributed by atoms with Crippen LogP contribution >= 0.6 is 11.6 Å². The summed E-state index contributed by atoms with van der Waals surface area (Å²) in [6, 6.07) is 19.1. The van der Waals surface area contributed by atoms with Crippen LogP contribution in [-0.2, 0) is 6.61 Å². The van der Waals surface area contributed by atoms with E-state index in [1.165, 1.54) is 0 Å². The molecule has 28 heavy (non-hydrogen) atoms. The number of hydrogen-bond acceptors (Lipinski definition) is 3. The van der Waals surface area contributed by atoms with Gasteiger partial charge in [-0.3, -0.25) is 4.79 Å². The quantitative estimate of drug-likeness (QED) is 0.501. The average molecular weight is 391 g/mol. The van der Waals surface area contributed by atoms with Crippen LogP contribution < -0.4 is 9.47 Å². The maximum absolute atomic E-state index is 12.8. The molecule has 3 aromatic carbocycles. The first kappa shape index (κ1) is 18.3. The molecule has 0 radical (unpaired) electrons. The second-order valence-corrected chi connectivity index (χ2v) is 7.32. The molecule has 3 aromatic rings. The Balaban J connectivity index is 1.57. The number of carbonyl (C=O) groups is 1. The van der Waals surface area contributed by atoms with Crippen LogP contribution in [0, 0.1) is 13.8 Å². The maximum atomic E-state index is 12.8. The van der Waals surface area contributed by atoms with Crippen LogP contribution in [0.3, 0.4) is 0 Å². The van der Waals surface area contributed by atoms with Gasteiger partial charge >= 0.3 is 0 Å². The van der Waals surface area contributed by atoms with Crippen LogP contribution in [0.5, 0.6) is 11.5 Å². The fraction of sp³-hybridized carbons (Fsp3) is 0.125. The molecule has 0 saturated heterocycles. The van der Waals surface area contributed by atoms with Gasteiger partial charge in [0.2, 0.25) is 5.78 Å². The number of hydrogen-bond donors (Lipinski definition) is 0. The van der Waals surface area contributed by atoms with Crippen molar-refractivity contribution >= 4 is 23.5 Å². The molecule has 3 nitrogen and oxygen atoms in total. The summed E-state index contributed by atoms with van der Waals surface area (Å²) >= 11 is 6.02. The third kappa shape index (κ3) is 3.80. The lowest BCUT2D eigenvalue weighted by atomic mass is 10.0. The molecule has 1 aliphatic rings. The molecule has 4 heteroatoms. The maximum Gasteiger partial charge on any atom is 0.232 e. The summed E-state index contributed by atoms with van der Waals surface area (Å²) < 4.78 is 11.8. The fourth-order valence-electron chi connectivity index (χ4n) is 3.27. The van der Waals surface area contributed by atoms with E-state index in [1.807, 2.05) is 68.4 Å². The van der Waals surface area contributed by atoms with Gasteiger partial charge in [-0.2, -0.15) is 0 Å². The standard InChI is InChI=1S/C24H19ClO3/c1-15-5-3-6-17(9-15)12-22-24(26)23-16(2)10-20(13-21(23)28-22)27-14-18-7-4-8-19(25)11-18/h3-13H,14H2,1-2H3/b22-12-. The van der Waals surface area contributed by atoms with E-state index in [9.17, 15) is 4.79 Å². The van der Waals surface area contributed by atoms with Crippen molar-refractivity contribution in [2.45, 2.75) is 20.5 Å². The normalized spacial score (nSPS) is 14.1. The second-order valence-electron chi connectivity index (χ2n) is 6.89. The molecule has 0 bridgehead atoms. The summed E-state index contributed by atoms with van der Waals surface area (Å²) in [5.74, 6) is 1.41. The molecule has 0 amide bonds. The van der Waals surface area contributed by atoms with E-state index in [4.69, 9.17) is 21.1 Å². The molecule has 0 N–H and O–H groups in total. The highest BCUT2D eigenvalue weighted by atomic mass is 35.5. The molecule has 0 fully saturated rings. The summed E-state index contributed by atoms with van der Waals surface area (Å²) in [4.78, 5) is 12.8. The Morgan fingerprint density at radius 1 is 1.04 bits per heavy atom. The van der Waals surface area contributed by atoms with Gasteiger partial charge in [0, 0.05) is 11.1 Å². The molecule has 0 aliphatic carbocycles. The first-order valence-corrected chi connectivity index (χ1v) is 9.40. The molecule has 0 unspecified atom stereocenters. The lowest BCUT2D eigenvalue weighted by Gasteiger charge is -2.09. The van der Waals surface area contributed by atoms with Crippen molar-refractivity contribution in [3.8, 4) is 11.5 Å². The van der Waals surface area contributed by atoms with Gasteiger partial charge in [-0.15, -0.1) is 0 Å².